The average molecular weight is 197 g/mol. The molecule has 0 spiro atoms. The number of hydrogen-bond donors (Lipinski definition) is 2. The maximum atomic E-state index is 10.8. The first-order valence-corrected chi connectivity index (χ1v) is 4.79. The molecule has 0 bridgehead atoms. The number of rotatable bonds is 7. The number of carboxylic acids is 1. The van der Waals surface area contributed by atoms with Crippen LogP contribution in [0.25, 0.3) is 0 Å². The van der Waals surface area contributed by atoms with Crippen LogP contribution in [0, 0.1) is 5.92 Å². The molecule has 0 saturated heterocycles. The predicted molar refractivity (Wildman–Crippen MR) is 58.2 cm³/mol. The van der Waals surface area contributed by atoms with Crippen molar-refractivity contribution >= 4 is 5.97 Å². The van der Waals surface area contributed by atoms with Crippen LogP contribution >= 0.6 is 0 Å². The van der Waals surface area contributed by atoms with E-state index < -0.39 is 12.0 Å². The summed E-state index contributed by atoms with van der Waals surface area (Å²) in [6.07, 6.45) is 7.20. The van der Waals surface area contributed by atoms with Crippen LogP contribution in [-0.4, -0.2) is 24.2 Å². The van der Waals surface area contributed by atoms with Crippen molar-refractivity contribution in [1.29, 1.82) is 0 Å². The molecule has 2 unspecified atom stereocenters. The van der Waals surface area contributed by atoms with E-state index in [0.29, 0.717) is 6.42 Å². The summed E-state index contributed by atoms with van der Waals surface area (Å²) in [5.41, 5.74) is 0. The van der Waals surface area contributed by atoms with Crippen molar-refractivity contribution in [3.05, 3.63) is 24.8 Å². The van der Waals surface area contributed by atoms with Gasteiger partial charge in [-0.3, -0.25) is 4.79 Å². The van der Waals surface area contributed by atoms with Gasteiger partial charge in [0.25, 0.3) is 0 Å². The highest BCUT2D eigenvalue weighted by molar-refractivity contribution is 5.73. The average Bonchev–Trinajstić information content (AvgIpc) is 2.14. The maximum Gasteiger partial charge on any atom is 0.320 e. The van der Waals surface area contributed by atoms with Gasteiger partial charge in [0.15, 0.2) is 0 Å². The van der Waals surface area contributed by atoms with Crippen molar-refractivity contribution in [1.82, 2.24) is 5.32 Å². The molecule has 2 N–H and O–H groups in total. The molecule has 80 valence electrons. The lowest BCUT2D eigenvalue weighted by atomic mass is 9.96. The van der Waals surface area contributed by atoms with E-state index in [1.54, 1.807) is 7.05 Å². The van der Waals surface area contributed by atoms with Gasteiger partial charge in [-0.15, -0.1) is 6.58 Å². The van der Waals surface area contributed by atoms with Gasteiger partial charge in [-0.1, -0.05) is 18.2 Å². The monoisotopic (exact) mass is 197 g/mol. The molecular weight excluding hydrogens is 178 g/mol. The Morgan fingerprint density at radius 1 is 1.64 bits per heavy atom. The van der Waals surface area contributed by atoms with E-state index in [0.717, 1.165) is 6.42 Å². The summed E-state index contributed by atoms with van der Waals surface area (Å²) in [6.45, 7) is 5.59. The minimum atomic E-state index is -0.800. The predicted octanol–water partition coefficient (Wildman–Crippen LogP) is 1.82. The lowest BCUT2D eigenvalue weighted by Gasteiger charge is -2.16. The molecule has 14 heavy (non-hydrogen) atoms. The largest absolute Gasteiger partial charge is 0.480 e. The molecular formula is C11H19NO2. The fourth-order valence-corrected chi connectivity index (χ4v) is 1.38. The zero-order valence-electron chi connectivity index (χ0n) is 8.86. The Hall–Kier alpha value is -1.09. The highest BCUT2D eigenvalue weighted by atomic mass is 16.4. The van der Waals surface area contributed by atoms with Gasteiger partial charge in [0.05, 0.1) is 0 Å². The molecule has 0 saturated carbocycles. The van der Waals surface area contributed by atoms with E-state index in [9.17, 15) is 4.79 Å². The lowest BCUT2D eigenvalue weighted by molar-refractivity contribution is -0.139. The molecule has 0 radical (unpaired) electrons. The van der Waals surface area contributed by atoms with Gasteiger partial charge in [0.2, 0.25) is 0 Å². The summed E-state index contributed by atoms with van der Waals surface area (Å²) in [4.78, 5) is 10.8. The first kappa shape index (κ1) is 12.9. The first-order chi connectivity index (χ1) is 6.65. The Balaban J connectivity index is 4.24. The molecule has 0 aromatic carbocycles. The maximum absolute atomic E-state index is 10.8. The van der Waals surface area contributed by atoms with E-state index in [-0.39, 0.29) is 5.92 Å². The third kappa shape index (κ3) is 4.82. The zero-order chi connectivity index (χ0) is 11.0. The second-order valence-electron chi connectivity index (χ2n) is 3.23. The van der Waals surface area contributed by atoms with Gasteiger partial charge in [0, 0.05) is 0 Å². The highest BCUT2D eigenvalue weighted by Crippen LogP contribution is 2.13. The summed E-state index contributed by atoms with van der Waals surface area (Å²) in [6, 6.07) is -0.476. The molecule has 0 aromatic rings. The van der Waals surface area contributed by atoms with Crippen molar-refractivity contribution in [3.8, 4) is 0 Å². The number of likely N-dealkylation sites (N-methyl/N-ethyl adjacent to an activating group) is 1. The molecule has 0 fully saturated rings. The van der Waals surface area contributed by atoms with Crippen LogP contribution in [0.15, 0.2) is 24.8 Å². The van der Waals surface area contributed by atoms with Gasteiger partial charge in [-0.25, -0.2) is 0 Å². The molecule has 0 aliphatic rings. The van der Waals surface area contributed by atoms with E-state index in [1.807, 2.05) is 25.2 Å². The molecule has 2 atom stereocenters. The minimum absolute atomic E-state index is 0.256. The molecule has 0 aliphatic heterocycles. The molecule has 0 aromatic heterocycles. The van der Waals surface area contributed by atoms with Gasteiger partial charge >= 0.3 is 5.97 Å². The third-order valence-electron chi connectivity index (χ3n) is 2.12. The molecule has 3 heteroatoms. The van der Waals surface area contributed by atoms with Crippen LogP contribution in [0.2, 0.25) is 0 Å². The smallest absolute Gasteiger partial charge is 0.320 e. The van der Waals surface area contributed by atoms with E-state index in [4.69, 9.17) is 5.11 Å². The topological polar surface area (TPSA) is 49.3 Å². The molecule has 0 amide bonds. The standard InChI is InChI=1S/C11H19NO2/c1-4-6-9(7-5-2)8-10(12-3)11(13)14/h4-5,7,9-10,12H,1,6,8H2,2-3H3,(H,13,14)/b7-5-. The molecule has 0 heterocycles. The van der Waals surface area contributed by atoms with Crippen molar-refractivity contribution < 1.29 is 9.90 Å². The number of allylic oxidation sites excluding steroid dienone is 3. The van der Waals surface area contributed by atoms with Gasteiger partial charge in [-0.2, -0.15) is 0 Å². The number of hydrogen-bond acceptors (Lipinski definition) is 2. The SMILES string of the molecule is C=CCC(/C=C\C)CC(NC)C(=O)O. The Morgan fingerprint density at radius 2 is 2.29 bits per heavy atom. The van der Waals surface area contributed by atoms with Crippen LogP contribution in [0.3, 0.4) is 0 Å². The second kappa shape index (κ2) is 7.33. The van der Waals surface area contributed by atoms with Gasteiger partial charge in [-0.05, 0) is 32.7 Å². The molecule has 0 aliphatic carbocycles. The second-order valence-corrected chi connectivity index (χ2v) is 3.23. The number of nitrogens with one attached hydrogen (secondary N) is 1. The molecule has 0 rings (SSSR count). The van der Waals surface area contributed by atoms with E-state index in [1.165, 1.54) is 0 Å². The summed E-state index contributed by atoms with van der Waals surface area (Å²) >= 11 is 0. The van der Waals surface area contributed by atoms with E-state index in [2.05, 4.69) is 11.9 Å². The Morgan fingerprint density at radius 3 is 2.64 bits per heavy atom. The summed E-state index contributed by atoms with van der Waals surface area (Å²) in [5.74, 6) is -0.544. The number of carboxylic acid groups (broad SMARTS) is 1. The summed E-state index contributed by atoms with van der Waals surface area (Å²) in [7, 11) is 1.67. The Kier molecular flexibility index (Phi) is 6.76. The van der Waals surface area contributed by atoms with Crippen LogP contribution < -0.4 is 5.32 Å². The first-order valence-electron chi connectivity index (χ1n) is 4.79. The van der Waals surface area contributed by atoms with Crippen molar-refractivity contribution in [2.24, 2.45) is 5.92 Å². The molecule has 3 nitrogen and oxygen atoms in total. The van der Waals surface area contributed by atoms with Crippen molar-refractivity contribution in [2.45, 2.75) is 25.8 Å². The van der Waals surface area contributed by atoms with Crippen LogP contribution in [0.1, 0.15) is 19.8 Å². The zero-order valence-corrected chi connectivity index (χ0v) is 8.86. The summed E-state index contributed by atoms with van der Waals surface area (Å²) in [5, 5.41) is 11.6. The number of aliphatic carboxylic acids is 1. The Bertz CT molecular complexity index is 211. The fraction of sp³-hybridized carbons (Fsp3) is 0.545. The minimum Gasteiger partial charge on any atom is -0.480 e. The quantitative estimate of drug-likeness (QED) is 0.612. The number of carbonyl (C=O) groups is 1. The van der Waals surface area contributed by atoms with Crippen molar-refractivity contribution in [3.63, 3.8) is 0 Å². The van der Waals surface area contributed by atoms with Crippen LogP contribution in [0.4, 0.5) is 0 Å². The van der Waals surface area contributed by atoms with Gasteiger partial charge < -0.3 is 10.4 Å². The normalized spacial score (nSPS) is 15.3. The summed E-state index contributed by atoms with van der Waals surface area (Å²) < 4.78 is 0. The van der Waals surface area contributed by atoms with Crippen molar-refractivity contribution in [2.75, 3.05) is 7.05 Å². The van der Waals surface area contributed by atoms with Crippen LogP contribution in [-0.2, 0) is 4.79 Å². The Labute approximate surface area is 85.5 Å². The van der Waals surface area contributed by atoms with E-state index >= 15 is 0 Å². The van der Waals surface area contributed by atoms with Crippen LogP contribution in [0.5, 0.6) is 0 Å². The lowest BCUT2D eigenvalue weighted by Crippen LogP contribution is -2.35. The van der Waals surface area contributed by atoms with Gasteiger partial charge in [0.1, 0.15) is 6.04 Å². The third-order valence-corrected chi connectivity index (χ3v) is 2.12. The highest BCUT2D eigenvalue weighted by Gasteiger charge is 2.18. The fourth-order valence-electron chi connectivity index (χ4n) is 1.38.